The predicted molar refractivity (Wildman–Crippen MR) is 187 cm³/mol. The number of nitrogens with zero attached hydrogens (tertiary/aromatic N) is 4. The van der Waals surface area contributed by atoms with Gasteiger partial charge in [-0.2, -0.15) is 0 Å². The summed E-state index contributed by atoms with van der Waals surface area (Å²) in [7, 11) is 2.06. The van der Waals surface area contributed by atoms with Crippen molar-refractivity contribution in [1.29, 1.82) is 0 Å². The van der Waals surface area contributed by atoms with Crippen LogP contribution in [-0.4, -0.2) is 36.0 Å². The van der Waals surface area contributed by atoms with E-state index in [1.165, 1.54) is 27.1 Å². The summed E-state index contributed by atoms with van der Waals surface area (Å²) in [6.45, 7) is 0.848. The number of amidine groups is 3. The highest BCUT2D eigenvalue weighted by Gasteiger charge is 2.22. The van der Waals surface area contributed by atoms with Crippen molar-refractivity contribution in [3.8, 4) is 11.1 Å². The van der Waals surface area contributed by atoms with Gasteiger partial charge in [0.2, 0.25) is 0 Å². The maximum atomic E-state index is 5.16. The Morgan fingerprint density at radius 1 is 0.622 bits per heavy atom. The monoisotopic (exact) mass is 581 g/mol. The Balaban J connectivity index is 1.18. The predicted octanol–water partition coefficient (Wildman–Crippen LogP) is 8.36. The lowest BCUT2D eigenvalue weighted by atomic mass is 9.99. The second-order valence-corrected chi connectivity index (χ2v) is 11.5. The van der Waals surface area contributed by atoms with Crippen LogP contribution in [0.25, 0.3) is 32.7 Å². The molecule has 5 heteroatoms. The van der Waals surface area contributed by atoms with Crippen LogP contribution >= 0.6 is 0 Å². The van der Waals surface area contributed by atoms with Crippen LogP contribution in [0, 0.1) is 0 Å². The van der Waals surface area contributed by atoms with Gasteiger partial charge in [-0.05, 0) is 50.4 Å². The molecular weight excluding hydrogens is 550 g/mol. The molecular formula is C40H31N5. The number of hydrogen-bond acceptors (Lipinski definition) is 5. The number of nitrogens with one attached hydrogen (secondary N) is 1. The van der Waals surface area contributed by atoms with Crippen LogP contribution < -0.4 is 5.32 Å². The fraction of sp³-hybridized carbons (Fsp3) is 0.0750. The van der Waals surface area contributed by atoms with Gasteiger partial charge < -0.3 is 10.2 Å². The number of rotatable bonds is 5. The van der Waals surface area contributed by atoms with E-state index in [2.05, 4.69) is 156 Å². The largest absolute Gasteiger partial charge is 0.355 e. The third-order valence-electron chi connectivity index (χ3n) is 8.54. The number of benzene rings is 6. The Kier molecular flexibility index (Phi) is 6.76. The second kappa shape index (κ2) is 11.4. The van der Waals surface area contributed by atoms with Gasteiger partial charge in [-0.15, -0.1) is 0 Å². The van der Waals surface area contributed by atoms with Crippen LogP contribution in [0.15, 0.2) is 161 Å². The molecule has 0 bridgehead atoms. The lowest BCUT2D eigenvalue weighted by Crippen LogP contribution is -2.33. The highest BCUT2D eigenvalue weighted by molar-refractivity contribution is 6.13. The van der Waals surface area contributed by atoms with Gasteiger partial charge in [0.05, 0.1) is 0 Å². The third kappa shape index (κ3) is 5.19. The van der Waals surface area contributed by atoms with Crippen molar-refractivity contribution in [1.82, 2.24) is 10.2 Å². The van der Waals surface area contributed by atoms with Crippen molar-refractivity contribution in [3.63, 3.8) is 0 Å². The van der Waals surface area contributed by atoms with Crippen LogP contribution in [0.3, 0.4) is 0 Å². The molecule has 1 N–H and O–H groups in total. The molecule has 0 saturated heterocycles. The molecule has 45 heavy (non-hydrogen) atoms. The van der Waals surface area contributed by atoms with Gasteiger partial charge in [0.1, 0.15) is 17.8 Å². The van der Waals surface area contributed by atoms with Crippen LogP contribution in [-0.2, 0) is 0 Å². The molecule has 2 heterocycles. The van der Waals surface area contributed by atoms with Crippen molar-refractivity contribution >= 4 is 39.1 Å². The Bertz CT molecular complexity index is 2160. The number of fused-ring (bicyclic) bond motifs is 3. The number of hydrogen-bond donors (Lipinski definition) is 1. The van der Waals surface area contributed by atoms with E-state index < -0.39 is 0 Å². The van der Waals surface area contributed by atoms with E-state index in [4.69, 9.17) is 9.98 Å². The molecule has 2 aliphatic rings. The standard InChI is InChI=1S/C40H31N5/c1-45-25-7-24-41-40(45)32-19-17-31(18-20-32)38-42-37(30-15-12-28(13-16-30)27-8-3-2-4-9-27)43-39(44-38)34-22-23-36-33(26-34)21-14-29-10-5-6-11-35(29)36/h2-24,26,39H,25H2,1H3,(H,42,43,44). The molecule has 6 aromatic rings. The topological polar surface area (TPSA) is 52.4 Å². The molecule has 0 fully saturated rings. The highest BCUT2D eigenvalue weighted by atomic mass is 15.2. The minimum Gasteiger partial charge on any atom is -0.355 e. The van der Waals surface area contributed by atoms with Gasteiger partial charge in [0, 0.05) is 36.5 Å². The van der Waals surface area contributed by atoms with E-state index >= 15 is 0 Å². The van der Waals surface area contributed by atoms with Crippen molar-refractivity contribution in [2.45, 2.75) is 6.17 Å². The van der Waals surface area contributed by atoms with E-state index in [1.54, 1.807) is 0 Å². The molecule has 0 spiro atoms. The van der Waals surface area contributed by atoms with Crippen molar-refractivity contribution < 1.29 is 0 Å². The Hall–Kier alpha value is -5.81. The average Bonchev–Trinajstić information content (AvgIpc) is 3.12. The van der Waals surface area contributed by atoms with E-state index in [0.717, 1.165) is 46.0 Å². The molecule has 0 aliphatic carbocycles. The van der Waals surface area contributed by atoms with Crippen molar-refractivity contribution in [2.24, 2.45) is 15.0 Å². The first kappa shape index (κ1) is 26.8. The van der Waals surface area contributed by atoms with Crippen molar-refractivity contribution in [2.75, 3.05) is 13.6 Å². The zero-order valence-corrected chi connectivity index (χ0v) is 24.9. The molecule has 216 valence electrons. The van der Waals surface area contributed by atoms with E-state index in [-0.39, 0.29) is 6.17 Å². The zero-order valence-electron chi connectivity index (χ0n) is 24.9. The summed E-state index contributed by atoms with van der Waals surface area (Å²) in [5.74, 6) is 2.46. The summed E-state index contributed by atoms with van der Waals surface area (Å²) < 4.78 is 0. The van der Waals surface area contributed by atoms with E-state index in [1.807, 2.05) is 12.3 Å². The molecule has 0 aromatic heterocycles. The smallest absolute Gasteiger partial charge is 0.159 e. The Labute approximate surface area is 262 Å². The summed E-state index contributed by atoms with van der Waals surface area (Å²) in [6.07, 6.45) is 3.64. The second-order valence-electron chi connectivity index (χ2n) is 11.5. The first-order chi connectivity index (χ1) is 22.2. The van der Waals surface area contributed by atoms with Gasteiger partial charge in [-0.3, -0.25) is 0 Å². The quantitative estimate of drug-likeness (QED) is 0.208. The van der Waals surface area contributed by atoms with E-state index in [9.17, 15) is 0 Å². The maximum absolute atomic E-state index is 5.16. The summed E-state index contributed by atoms with van der Waals surface area (Å²) in [5.41, 5.74) is 6.49. The summed E-state index contributed by atoms with van der Waals surface area (Å²) in [4.78, 5) is 17.0. The lowest BCUT2D eigenvalue weighted by molar-refractivity contribution is 0.557. The minimum absolute atomic E-state index is 0.296. The lowest BCUT2D eigenvalue weighted by Gasteiger charge is -2.25. The summed E-state index contributed by atoms with van der Waals surface area (Å²) in [6, 6.07) is 47.0. The average molecular weight is 582 g/mol. The summed E-state index contributed by atoms with van der Waals surface area (Å²) in [5, 5.41) is 8.57. The Morgan fingerprint density at radius 2 is 1.29 bits per heavy atom. The first-order valence-electron chi connectivity index (χ1n) is 15.2. The first-order valence-corrected chi connectivity index (χ1v) is 15.2. The van der Waals surface area contributed by atoms with E-state index in [0.29, 0.717) is 5.84 Å². The summed E-state index contributed by atoms with van der Waals surface area (Å²) >= 11 is 0. The van der Waals surface area contributed by atoms with Crippen LogP contribution in [0.5, 0.6) is 0 Å². The fourth-order valence-corrected chi connectivity index (χ4v) is 6.13. The Morgan fingerprint density at radius 3 is 2.11 bits per heavy atom. The zero-order chi connectivity index (χ0) is 30.2. The fourth-order valence-electron chi connectivity index (χ4n) is 6.13. The number of likely N-dealkylation sites (N-methyl/N-ethyl adjacent to an activating group) is 1. The number of aliphatic imine (C=N–C) groups is 3. The van der Waals surface area contributed by atoms with Gasteiger partial charge >= 0.3 is 0 Å². The van der Waals surface area contributed by atoms with Crippen LogP contribution in [0.4, 0.5) is 0 Å². The molecule has 5 nitrogen and oxygen atoms in total. The van der Waals surface area contributed by atoms with Crippen LogP contribution in [0.2, 0.25) is 0 Å². The molecule has 0 radical (unpaired) electrons. The normalized spacial score (nSPS) is 16.2. The van der Waals surface area contributed by atoms with Gasteiger partial charge in [0.15, 0.2) is 5.84 Å². The van der Waals surface area contributed by atoms with Crippen LogP contribution in [0.1, 0.15) is 28.4 Å². The van der Waals surface area contributed by atoms with Crippen molar-refractivity contribution in [3.05, 3.63) is 168 Å². The van der Waals surface area contributed by atoms with Gasteiger partial charge in [-0.1, -0.05) is 127 Å². The molecule has 6 aromatic carbocycles. The SMILES string of the molecule is CN1CC=CN=C1c1ccc(C2=NC(c3ccc(-c4ccccc4)cc3)=NC(c3ccc4c(ccc5ccccc54)c3)N2)cc1. The molecule has 8 rings (SSSR count). The molecule has 1 atom stereocenters. The molecule has 1 unspecified atom stereocenters. The molecule has 0 saturated carbocycles. The maximum Gasteiger partial charge on any atom is 0.159 e. The highest BCUT2D eigenvalue weighted by Crippen LogP contribution is 2.30. The molecule has 0 amide bonds. The third-order valence-corrected chi connectivity index (χ3v) is 8.54. The molecule has 2 aliphatic heterocycles. The minimum atomic E-state index is -0.296. The van der Waals surface area contributed by atoms with Gasteiger partial charge in [0.25, 0.3) is 0 Å². The van der Waals surface area contributed by atoms with Gasteiger partial charge in [-0.25, -0.2) is 15.0 Å².